The standard InChI is InChI=1S/C31H31N5O3/c1-4-35(18-17-34(2)3)27-14-13-23(20-26(27)31-32-15-19-39-31)33-30(38)29(37)28-25(22-10-6-5-7-11-22)21-24-12-8-9-16-36(24)28/h5-16,19-21H,4,17-18H2,1-3H3,(H,33,38). The Labute approximate surface area is 227 Å². The van der Waals surface area contributed by atoms with Gasteiger partial charge in [0, 0.05) is 48.3 Å². The van der Waals surface area contributed by atoms with E-state index in [1.165, 1.54) is 6.26 Å². The van der Waals surface area contributed by atoms with E-state index in [0.717, 1.165) is 42.0 Å². The summed E-state index contributed by atoms with van der Waals surface area (Å²) in [7, 11) is 4.08. The molecule has 1 amide bonds. The summed E-state index contributed by atoms with van der Waals surface area (Å²) < 4.78 is 7.39. The Bertz CT molecular complexity index is 1590. The number of rotatable bonds is 10. The number of nitrogens with one attached hydrogen (secondary N) is 1. The number of pyridine rings is 1. The Morgan fingerprint density at radius 3 is 2.46 bits per heavy atom. The number of nitrogens with zero attached hydrogens (tertiary/aromatic N) is 4. The van der Waals surface area contributed by atoms with Gasteiger partial charge in [-0.05, 0) is 63.0 Å². The number of hydrogen-bond acceptors (Lipinski definition) is 6. The number of hydrogen-bond donors (Lipinski definition) is 1. The molecule has 0 aliphatic carbocycles. The van der Waals surface area contributed by atoms with Crippen molar-refractivity contribution in [2.24, 2.45) is 0 Å². The van der Waals surface area contributed by atoms with E-state index in [1.807, 2.05) is 74.8 Å². The van der Waals surface area contributed by atoms with Crippen molar-refractivity contribution < 1.29 is 14.0 Å². The minimum absolute atomic E-state index is 0.319. The van der Waals surface area contributed by atoms with Crippen molar-refractivity contribution in [1.29, 1.82) is 0 Å². The van der Waals surface area contributed by atoms with Crippen LogP contribution in [0.4, 0.5) is 11.4 Å². The minimum atomic E-state index is -0.720. The van der Waals surface area contributed by atoms with E-state index in [4.69, 9.17) is 4.42 Å². The molecule has 0 fully saturated rings. The molecule has 8 nitrogen and oxygen atoms in total. The second-order valence-corrected chi connectivity index (χ2v) is 9.50. The Balaban J connectivity index is 1.48. The largest absolute Gasteiger partial charge is 0.444 e. The first-order valence-corrected chi connectivity index (χ1v) is 12.9. The number of aromatic nitrogens is 2. The van der Waals surface area contributed by atoms with E-state index in [1.54, 1.807) is 28.9 Å². The third-order valence-corrected chi connectivity index (χ3v) is 6.64. The van der Waals surface area contributed by atoms with Gasteiger partial charge < -0.3 is 23.9 Å². The molecule has 5 rings (SSSR count). The molecule has 39 heavy (non-hydrogen) atoms. The predicted molar refractivity (Wildman–Crippen MR) is 154 cm³/mol. The van der Waals surface area contributed by atoms with Gasteiger partial charge in [-0.1, -0.05) is 36.4 Å². The van der Waals surface area contributed by atoms with Gasteiger partial charge in [0.2, 0.25) is 5.89 Å². The van der Waals surface area contributed by atoms with Crippen LogP contribution in [0.5, 0.6) is 0 Å². The molecule has 0 spiro atoms. The summed E-state index contributed by atoms with van der Waals surface area (Å²) in [5, 5.41) is 2.81. The fourth-order valence-corrected chi connectivity index (χ4v) is 4.68. The van der Waals surface area contributed by atoms with Crippen LogP contribution in [0.1, 0.15) is 17.4 Å². The molecule has 3 heterocycles. The zero-order chi connectivity index (χ0) is 27.4. The molecule has 0 unspecified atom stereocenters. The van der Waals surface area contributed by atoms with E-state index >= 15 is 0 Å². The summed E-state index contributed by atoms with van der Waals surface area (Å²) in [5.41, 5.74) is 4.89. The number of amides is 1. The van der Waals surface area contributed by atoms with Crippen LogP contribution in [0.15, 0.2) is 95.9 Å². The molecule has 198 valence electrons. The van der Waals surface area contributed by atoms with E-state index < -0.39 is 11.7 Å². The molecule has 3 aromatic heterocycles. The van der Waals surface area contributed by atoms with Crippen LogP contribution in [0.25, 0.3) is 28.1 Å². The fraction of sp³-hybridized carbons (Fsp3) is 0.194. The van der Waals surface area contributed by atoms with E-state index in [-0.39, 0.29) is 0 Å². The molecule has 0 radical (unpaired) electrons. The molecule has 0 atom stereocenters. The van der Waals surface area contributed by atoms with Crippen molar-refractivity contribution in [2.45, 2.75) is 6.92 Å². The highest BCUT2D eigenvalue weighted by molar-refractivity contribution is 6.47. The molecular formula is C31H31N5O3. The molecule has 0 aliphatic rings. The van der Waals surface area contributed by atoms with Gasteiger partial charge in [0.15, 0.2) is 0 Å². The summed E-state index contributed by atoms with van der Waals surface area (Å²) in [6.07, 6.45) is 4.91. The third-order valence-electron chi connectivity index (χ3n) is 6.64. The van der Waals surface area contributed by atoms with Gasteiger partial charge in [-0.15, -0.1) is 0 Å². The number of fused-ring (bicyclic) bond motifs is 1. The Hall–Kier alpha value is -4.69. The maximum Gasteiger partial charge on any atom is 0.298 e. The lowest BCUT2D eigenvalue weighted by Crippen LogP contribution is -2.32. The number of carbonyl (C=O) groups excluding carboxylic acids is 2. The summed E-state index contributed by atoms with van der Waals surface area (Å²) >= 11 is 0. The summed E-state index contributed by atoms with van der Waals surface area (Å²) in [4.78, 5) is 35.7. The van der Waals surface area contributed by atoms with Gasteiger partial charge in [0.25, 0.3) is 11.7 Å². The zero-order valence-electron chi connectivity index (χ0n) is 22.3. The summed E-state index contributed by atoms with van der Waals surface area (Å²) in [6.45, 7) is 4.57. The lowest BCUT2D eigenvalue weighted by molar-refractivity contribution is -0.112. The average molecular weight is 522 g/mol. The van der Waals surface area contributed by atoms with Crippen molar-refractivity contribution in [3.63, 3.8) is 0 Å². The lowest BCUT2D eigenvalue weighted by atomic mass is 10.0. The number of anilines is 2. The van der Waals surface area contributed by atoms with Gasteiger partial charge in [-0.25, -0.2) is 4.98 Å². The van der Waals surface area contributed by atoms with Crippen LogP contribution in [0, 0.1) is 0 Å². The highest BCUT2D eigenvalue weighted by Gasteiger charge is 2.25. The zero-order valence-corrected chi connectivity index (χ0v) is 22.3. The first-order chi connectivity index (χ1) is 19.0. The number of benzene rings is 2. The Morgan fingerprint density at radius 2 is 1.74 bits per heavy atom. The second kappa shape index (κ2) is 11.4. The maximum atomic E-state index is 13.6. The second-order valence-electron chi connectivity index (χ2n) is 9.50. The molecular weight excluding hydrogens is 490 g/mol. The van der Waals surface area contributed by atoms with Crippen molar-refractivity contribution in [1.82, 2.24) is 14.3 Å². The van der Waals surface area contributed by atoms with E-state index in [2.05, 4.69) is 27.0 Å². The minimum Gasteiger partial charge on any atom is -0.444 e. The molecule has 0 aliphatic heterocycles. The number of Topliss-reactive ketones (excluding diaryl/α,β-unsaturated/α-hetero) is 1. The monoisotopic (exact) mass is 521 g/mol. The van der Waals surface area contributed by atoms with Crippen molar-refractivity contribution in [2.75, 3.05) is 43.9 Å². The predicted octanol–water partition coefficient (Wildman–Crippen LogP) is 5.47. The number of ketones is 1. The quantitative estimate of drug-likeness (QED) is 0.194. The van der Waals surface area contributed by atoms with Gasteiger partial charge in [-0.3, -0.25) is 9.59 Å². The number of oxazole rings is 1. The van der Waals surface area contributed by atoms with Crippen LogP contribution in [0.3, 0.4) is 0 Å². The molecule has 0 saturated heterocycles. The first kappa shape index (κ1) is 25.9. The molecule has 2 aromatic carbocycles. The number of likely N-dealkylation sites (N-methyl/N-ethyl adjacent to an activating group) is 2. The highest BCUT2D eigenvalue weighted by atomic mass is 16.3. The topological polar surface area (TPSA) is 83.1 Å². The fourth-order valence-electron chi connectivity index (χ4n) is 4.68. The van der Waals surface area contributed by atoms with Gasteiger partial charge in [0.05, 0.1) is 11.8 Å². The van der Waals surface area contributed by atoms with E-state index in [9.17, 15) is 9.59 Å². The Kier molecular flexibility index (Phi) is 7.56. The lowest BCUT2D eigenvalue weighted by Gasteiger charge is -2.27. The maximum absolute atomic E-state index is 13.6. The van der Waals surface area contributed by atoms with Gasteiger partial charge >= 0.3 is 0 Å². The van der Waals surface area contributed by atoms with Crippen LogP contribution in [-0.2, 0) is 4.79 Å². The molecule has 5 aromatic rings. The Morgan fingerprint density at radius 1 is 0.949 bits per heavy atom. The molecule has 8 heteroatoms. The normalized spacial score (nSPS) is 11.2. The SMILES string of the molecule is CCN(CCN(C)C)c1ccc(NC(=O)C(=O)c2c(-c3ccccc3)cc3ccccn23)cc1-c1ncco1. The first-order valence-electron chi connectivity index (χ1n) is 12.9. The molecule has 0 bridgehead atoms. The highest BCUT2D eigenvalue weighted by Crippen LogP contribution is 2.33. The van der Waals surface area contributed by atoms with Crippen molar-refractivity contribution in [3.05, 3.63) is 97.1 Å². The van der Waals surface area contributed by atoms with Crippen LogP contribution in [0.2, 0.25) is 0 Å². The number of carbonyl (C=O) groups is 2. The van der Waals surface area contributed by atoms with Crippen LogP contribution in [-0.4, -0.2) is 59.7 Å². The third kappa shape index (κ3) is 5.46. The van der Waals surface area contributed by atoms with Gasteiger partial charge in [-0.2, -0.15) is 0 Å². The van der Waals surface area contributed by atoms with E-state index in [0.29, 0.717) is 22.8 Å². The molecule has 1 N–H and O–H groups in total. The van der Waals surface area contributed by atoms with Gasteiger partial charge in [0.1, 0.15) is 12.0 Å². The van der Waals surface area contributed by atoms with Crippen molar-refractivity contribution in [3.8, 4) is 22.6 Å². The van der Waals surface area contributed by atoms with Crippen molar-refractivity contribution >= 4 is 28.6 Å². The summed E-state index contributed by atoms with van der Waals surface area (Å²) in [5.74, 6) is -0.898. The van der Waals surface area contributed by atoms with Crippen LogP contribution < -0.4 is 10.2 Å². The summed E-state index contributed by atoms with van der Waals surface area (Å²) in [6, 6.07) is 22.7. The average Bonchev–Trinajstić information content (AvgIpc) is 3.62. The molecule has 0 saturated carbocycles. The van der Waals surface area contributed by atoms with Crippen LogP contribution >= 0.6 is 0 Å². The smallest absolute Gasteiger partial charge is 0.298 e.